The van der Waals surface area contributed by atoms with Gasteiger partial charge >= 0.3 is 0 Å². The van der Waals surface area contributed by atoms with E-state index in [4.69, 9.17) is 10.5 Å². The first-order valence-corrected chi connectivity index (χ1v) is 8.39. The summed E-state index contributed by atoms with van der Waals surface area (Å²) in [7, 11) is 1.45. The van der Waals surface area contributed by atoms with Gasteiger partial charge in [0.1, 0.15) is 17.4 Å². The highest BCUT2D eigenvalue weighted by atomic mass is 19.1. The van der Waals surface area contributed by atoms with Crippen molar-refractivity contribution in [2.45, 2.75) is 13.5 Å². The van der Waals surface area contributed by atoms with E-state index in [1.807, 2.05) is 6.92 Å². The van der Waals surface area contributed by atoms with E-state index in [0.29, 0.717) is 28.6 Å². The first-order chi connectivity index (χ1) is 13.0. The highest BCUT2D eigenvalue weighted by Crippen LogP contribution is 2.40. The van der Waals surface area contributed by atoms with Gasteiger partial charge < -0.3 is 20.1 Å². The number of nitrogens with two attached hydrogens (primary N) is 1. The molecule has 27 heavy (non-hydrogen) atoms. The van der Waals surface area contributed by atoms with Gasteiger partial charge in [-0.25, -0.2) is 13.8 Å². The molecular weight excluding hydrogens is 352 g/mol. The zero-order chi connectivity index (χ0) is 19.3. The Balaban J connectivity index is 2.14. The van der Waals surface area contributed by atoms with Crippen molar-refractivity contribution in [1.29, 1.82) is 0 Å². The summed E-state index contributed by atoms with van der Waals surface area (Å²) in [4.78, 5) is 4.49. The van der Waals surface area contributed by atoms with Crippen LogP contribution in [0.5, 0.6) is 11.6 Å². The molecule has 4 aromatic rings. The van der Waals surface area contributed by atoms with Crippen LogP contribution in [0, 0.1) is 11.6 Å². The number of aromatic hydroxyl groups is 1. The van der Waals surface area contributed by atoms with Crippen LogP contribution in [0.1, 0.15) is 6.92 Å². The van der Waals surface area contributed by atoms with Gasteiger partial charge in [0.05, 0.1) is 29.2 Å². The number of hydrogen-bond donors (Lipinski definition) is 2. The molecule has 0 saturated heterocycles. The monoisotopic (exact) mass is 369 g/mol. The van der Waals surface area contributed by atoms with Gasteiger partial charge in [-0.15, -0.1) is 0 Å². The average Bonchev–Trinajstić information content (AvgIpc) is 2.98. The minimum atomic E-state index is -0.625. The third kappa shape index (κ3) is 2.46. The standard InChI is InChI=1S/C20H17F2N3O2/c1-3-25-9-15-17(20(25)26)18(23)11-5-7-14(22)16(19(11)24-15)12-8-10(27-2)4-6-13(12)21/h4-9,26H,3,23H2,1-2H3. The molecule has 0 spiro atoms. The molecule has 0 radical (unpaired) electrons. The van der Waals surface area contributed by atoms with Crippen LogP contribution in [0.2, 0.25) is 0 Å². The molecule has 4 rings (SSSR count). The molecule has 0 fully saturated rings. The van der Waals surface area contributed by atoms with Gasteiger partial charge in [-0.3, -0.25) is 0 Å². The fourth-order valence-electron chi connectivity index (χ4n) is 3.35. The first-order valence-electron chi connectivity index (χ1n) is 8.39. The molecule has 0 amide bonds. The number of nitrogen functional groups attached to an aromatic ring is 1. The van der Waals surface area contributed by atoms with Crippen LogP contribution in [0.4, 0.5) is 14.5 Å². The second-order valence-electron chi connectivity index (χ2n) is 6.19. The number of halogens is 2. The Kier molecular flexibility index (Phi) is 3.87. The number of benzene rings is 2. The van der Waals surface area contributed by atoms with Crippen molar-refractivity contribution < 1.29 is 18.6 Å². The molecule has 7 heteroatoms. The Labute approximate surface area is 153 Å². The number of aromatic nitrogens is 2. The fourth-order valence-corrected chi connectivity index (χ4v) is 3.35. The van der Waals surface area contributed by atoms with Gasteiger partial charge in [0.25, 0.3) is 0 Å². The Morgan fingerprint density at radius 3 is 2.63 bits per heavy atom. The van der Waals surface area contributed by atoms with E-state index in [-0.39, 0.29) is 28.2 Å². The molecule has 2 aromatic heterocycles. The number of rotatable bonds is 3. The third-order valence-electron chi connectivity index (χ3n) is 4.73. The molecule has 3 N–H and O–H groups in total. The van der Waals surface area contributed by atoms with E-state index in [0.717, 1.165) is 0 Å². The van der Waals surface area contributed by atoms with Crippen molar-refractivity contribution in [2.24, 2.45) is 0 Å². The highest BCUT2D eigenvalue weighted by molar-refractivity contribution is 6.12. The molecule has 5 nitrogen and oxygen atoms in total. The summed E-state index contributed by atoms with van der Waals surface area (Å²) in [5.74, 6) is -0.832. The molecule has 0 atom stereocenters. The van der Waals surface area contributed by atoms with Crippen molar-refractivity contribution >= 4 is 27.5 Å². The Hall–Kier alpha value is -3.35. The van der Waals surface area contributed by atoms with E-state index < -0.39 is 11.6 Å². The summed E-state index contributed by atoms with van der Waals surface area (Å²) in [5, 5.41) is 11.2. The maximum absolute atomic E-state index is 14.8. The molecule has 0 bridgehead atoms. The zero-order valence-electron chi connectivity index (χ0n) is 14.8. The average molecular weight is 369 g/mol. The van der Waals surface area contributed by atoms with Gasteiger partial charge in [-0.05, 0) is 37.3 Å². The van der Waals surface area contributed by atoms with Gasteiger partial charge in [0.2, 0.25) is 5.88 Å². The summed E-state index contributed by atoms with van der Waals surface area (Å²) < 4.78 is 36.0. The summed E-state index contributed by atoms with van der Waals surface area (Å²) >= 11 is 0. The quantitative estimate of drug-likeness (QED) is 0.560. The lowest BCUT2D eigenvalue weighted by Crippen LogP contribution is -1.97. The van der Waals surface area contributed by atoms with Crippen LogP contribution in [0.15, 0.2) is 36.5 Å². The Morgan fingerprint density at radius 2 is 1.93 bits per heavy atom. The predicted molar refractivity (Wildman–Crippen MR) is 101 cm³/mol. The van der Waals surface area contributed by atoms with Crippen LogP contribution >= 0.6 is 0 Å². The van der Waals surface area contributed by atoms with Crippen LogP contribution in [-0.4, -0.2) is 21.8 Å². The van der Waals surface area contributed by atoms with Gasteiger partial charge in [-0.1, -0.05) is 0 Å². The second kappa shape index (κ2) is 6.12. The smallest absolute Gasteiger partial charge is 0.202 e. The molecular formula is C20H17F2N3O2. The van der Waals surface area contributed by atoms with Crippen molar-refractivity contribution in [3.05, 3.63) is 48.2 Å². The van der Waals surface area contributed by atoms with Crippen LogP contribution in [0.3, 0.4) is 0 Å². The Morgan fingerprint density at radius 1 is 1.19 bits per heavy atom. The van der Waals surface area contributed by atoms with Gasteiger partial charge in [0, 0.05) is 29.3 Å². The molecule has 0 saturated carbocycles. The molecule has 2 aromatic carbocycles. The first kappa shape index (κ1) is 17.1. The Bertz CT molecular complexity index is 1200. The molecule has 138 valence electrons. The third-order valence-corrected chi connectivity index (χ3v) is 4.73. The van der Waals surface area contributed by atoms with Crippen molar-refractivity contribution in [1.82, 2.24) is 9.55 Å². The lowest BCUT2D eigenvalue weighted by atomic mass is 9.99. The second-order valence-corrected chi connectivity index (χ2v) is 6.19. The normalized spacial score (nSPS) is 11.4. The summed E-state index contributed by atoms with van der Waals surface area (Å²) in [6.45, 7) is 2.38. The number of nitrogens with zero attached hydrogens (tertiary/aromatic N) is 2. The highest BCUT2D eigenvalue weighted by Gasteiger charge is 2.21. The number of ether oxygens (including phenoxy) is 1. The van der Waals surface area contributed by atoms with Gasteiger partial charge in [0.15, 0.2) is 0 Å². The maximum atomic E-state index is 14.8. The summed E-state index contributed by atoms with van der Waals surface area (Å²) in [6, 6.07) is 6.80. The molecule has 0 aliphatic rings. The lowest BCUT2D eigenvalue weighted by molar-refractivity contribution is 0.414. The molecule has 0 unspecified atom stereocenters. The number of fused-ring (bicyclic) bond motifs is 2. The van der Waals surface area contributed by atoms with Gasteiger partial charge in [-0.2, -0.15) is 0 Å². The van der Waals surface area contributed by atoms with Crippen molar-refractivity contribution in [2.75, 3.05) is 12.8 Å². The maximum Gasteiger partial charge on any atom is 0.202 e. The number of methoxy groups -OCH3 is 1. The van der Waals surface area contributed by atoms with E-state index in [1.54, 1.807) is 10.8 Å². The lowest BCUT2D eigenvalue weighted by Gasteiger charge is -2.12. The predicted octanol–water partition coefficient (Wildman–Crippen LogP) is 4.45. The molecule has 0 aliphatic heterocycles. The van der Waals surface area contributed by atoms with Crippen LogP contribution < -0.4 is 10.5 Å². The van der Waals surface area contributed by atoms with E-state index >= 15 is 0 Å². The fraction of sp³-hybridized carbons (Fsp3) is 0.150. The number of pyridine rings is 1. The van der Waals surface area contributed by atoms with Crippen LogP contribution in [-0.2, 0) is 6.54 Å². The number of hydrogen-bond acceptors (Lipinski definition) is 4. The number of anilines is 1. The van der Waals surface area contributed by atoms with Crippen LogP contribution in [0.25, 0.3) is 32.9 Å². The largest absolute Gasteiger partial charge is 0.497 e. The van der Waals surface area contributed by atoms with Crippen molar-refractivity contribution in [3.8, 4) is 22.8 Å². The summed E-state index contributed by atoms with van der Waals surface area (Å²) in [5.41, 5.74) is 7.19. The minimum Gasteiger partial charge on any atom is -0.497 e. The molecule has 0 aliphatic carbocycles. The SMILES string of the molecule is CCn1cc2nc3c(-c4cc(OC)ccc4F)c(F)ccc3c(N)c2c1O. The van der Waals surface area contributed by atoms with Crippen molar-refractivity contribution in [3.63, 3.8) is 0 Å². The topological polar surface area (TPSA) is 73.3 Å². The summed E-state index contributed by atoms with van der Waals surface area (Å²) in [6.07, 6.45) is 1.64. The van der Waals surface area contributed by atoms with E-state index in [9.17, 15) is 13.9 Å². The molecule has 2 heterocycles. The zero-order valence-corrected chi connectivity index (χ0v) is 14.8. The number of aryl methyl sites for hydroxylation is 1. The minimum absolute atomic E-state index is 0.00115. The van der Waals surface area contributed by atoms with E-state index in [2.05, 4.69) is 4.98 Å². The van der Waals surface area contributed by atoms with E-state index in [1.165, 1.54) is 37.4 Å².